The van der Waals surface area contributed by atoms with E-state index < -0.39 is 5.60 Å². The zero-order valence-corrected chi connectivity index (χ0v) is 6.13. The fourth-order valence-corrected chi connectivity index (χ4v) is 0.820. The maximum Gasteiger partial charge on any atom is 0.257 e. The second kappa shape index (κ2) is 2.46. The molecule has 0 spiro atoms. The SMILES string of the molecule is CC1(C)OCCO/C1=N\O. The average molecular weight is 145 g/mol. The molecule has 0 bridgehead atoms. The van der Waals surface area contributed by atoms with Gasteiger partial charge < -0.3 is 14.7 Å². The molecule has 1 N–H and O–H groups in total. The highest BCUT2D eigenvalue weighted by molar-refractivity contribution is 5.84. The van der Waals surface area contributed by atoms with Gasteiger partial charge in [0, 0.05) is 0 Å². The highest BCUT2D eigenvalue weighted by atomic mass is 16.6. The minimum atomic E-state index is -0.576. The Morgan fingerprint density at radius 2 is 2.20 bits per heavy atom. The summed E-state index contributed by atoms with van der Waals surface area (Å²) < 4.78 is 10.3. The first kappa shape index (κ1) is 7.34. The van der Waals surface area contributed by atoms with E-state index in [1.165, 1.54) is 0 Å². The van der Waals surface area contributed by atoms with E-state index in [-0.39, 0.29) is 5.90 Å². The predicted octanol–water partition coefficient (Wildman–Crippen LogP) is 0.599. The first-order valence-electron chi connectivity index (χ1n) is 3.16. The number of oxime groups is 1. The van der Waals surface area contributed by atoms with Gasteiger partial charge in [-0.1, -0.05) is 5.16 Å². The van der Waals surface area contributed by atoms with Gasteiger partial charge in [-0.2, -0.15) is 0 Å². The molecule has 1 heterocycles. The van der Waals surface area contributed by atoms with Gasteiger partial charge in [-0.05, 0) is 13.8 Å². The van der Waals surface area contributed by atoms with Gasteiger partial charge >= 0.3 is 0 Å². The van der Waals surface area contributed by atoms with Crippen LogP contribution in [-0.4, -0.2) is 29.9 Å². The Bertz CT molecular complexity index is 153. The van der Waals surface area contributed by atoms with Gasteiger partial charge in [-0.25, -0.2) is 0 Å². The molecular weight excluding hydrogens is 134 g/mol. The number of nitrogens with zero attached hydrogens (tertiary/aromatic N) is 1. The number of hydrogen-bond donors (Lipinski definition) is 1. The summed E-state index contributed by atoms with van der Waals surface area (Å²) in [6.07, 6.45) is 0. The van der Waals surface area contributed by atoms with Gasteiger partial charge in [0.15, 0.2) is 0 Å². The Morgan fingerprint density at radius 1 is 1.50 bits per heavy atom. The summed E-state index contributed by atoms with van der Waals surface area (Å²) in [5.41, 5.74) is -0.576. The Labute approximate surface area is 59.4 Å². The third-order valence-corrected chi connectivity index (χ3v) is 1.39. The molecule has 58 valence electrons. The normalized spacial score (nSPS) is 28.0. The van der Waals surface area contributed by atoms with Crippen LogP contribution in [0.1, 0.15) is 13.8 Å². The quantitative estimate of drug-likeness (QED) is 0.401. The summed E-state index contributed by atoms with van der Waals surface area (Å²) in [4.78, 5) is 0. The summed E-state index contributed by atoms with van der Waals surface area (Å²) in [6, 6.07) is 0. The molecular formula is C6H11NO3. The molecule has 1 rings (SSSR count). The van der Waals surface area contributed by atoms with Crippen molar-refractivity contribution < 1.29 is 14.7 Å². The van der Waals surface area contributed by atoms with Gasteiger partial charge in [-0.3, -0.25) is 0 Å². The lowest BCUT2D eigenvalue weighted by Crippen LogP contribution is -2.42. The van der Waals surface area contributed by atoms with Crippen molar-refractivity contribution in [2.24, 2.45) is 5.16 Å². The van der Waals surface area contributed by atoms with Crippen molar-refractivity contribution >= 4 is 5.90 Å². The zero-order valence-electron chi connectivity index (χ0n) is 6.13. The summed E-state index contributed by atoms with van der Waals surface area (Å²) in [6.45, 7) is 4.59. The van der Waals surface area contributed by atoms with Crippen LogP contribution in [0.5, 0.6) is 0 Å². The van der Waals surface area contributed by atoms with Crippen LogP contribution in [0.25, 0.3) is 0 Å². The van der Waals surface area contributed by atoms with Crippen molar-refractivity contribution in [1.82, 2.24) is 0 Å². The van der Waals surface area contributed by atoms with Crippen molar-refractivity contribution in [3.8, 4) is 0 Å². The van der Waals surface area contributed by atoms with E-state index in [0.29, 0.717) is 13.2 Å². The Hall–Kier alpha value is -0.770. The minimum Gasteiger partial charge on any atom is -0.474 e. The molecule has 0 amide bonds. The molecule has 0 radical (unpaired) electrons. The standard InChI is InChI=1S/C6H11NO3/c1-6(2)5(7-8)9-3-4-10-6/h8H,3-4H2,1-2H3/b7-5-. The van der Waals surface area contributed by atoms with Gasteiger partial charge in [0.05, 0.1) is 6.61 Å². The van der Waals surface area contributed by atoms with E-state index >= 15 is 0 Å². The molecule has 1 fully saturated rings. The summed E-state index contributed by atoms with van der Waals surface area (Å²) in [7, 11) is 0. The van der Waals surface area contributed by atoms with Crippen LogP contribution in [0.2, 0.25) is 0 Å². The molecule has 0 aliphatic carbocycles. The van der Waals surface area contributed by atoms with Gasteiger partial charge in [0.25, 0.3) is 5.90 Å². The Morgan fingerprint density at radius 3 is 2.60 bits per heavy atom. The highest BCUT2D eigenvalue weighted by Crippen LogP contribution is 2.16. The Balaban J connectivity index is 2.70. The molecule has 0 aromatic heterocycles. The molecule has 0 aromatic carbocycles. The van der Waals surface area contributed by atoms with Crippen LogP contribution in [0, 0.1) is 0 Å². The van der Waals surface area contributed by atoms with Gasteiger partial charge in [0.1, 0.15) is 12.2 Å². The second-order valence-electron chi connectivity index (χ2n) is 2.61. The topological polar surface area (TPSA) is 51.0 Å². The summed E-state index contributed by atoms with van der Waals surface area (Å²) in [5.74, 6) is 0.249. The number of rotatable bonds is 0. The molecule has 4 heteroatoms. The maximum atomic E-state index is 8.41. The number of ether oxygens (including phenoxy) is 2. The first-order chi connectivity index (χ1) is 4.67. The Kier molecular flexibility index (Phi) is 1.80. The van der Waals surface area contributed by atoms with E-state index in [0.717, 1.165) is 0 Å². The predicted molar refractivity (Wildman–Crippen MR) is 35.2 cm³/mol. The van der Waals surface area contributed by atoms with Crippen molar-refractivity contribution in [3.63, 3.8) is 0 Å². The number of hydrogen-bond acceptors (Lipinski definition) is 4. The fourth-order valence-electron chi connectivity index (χ4n) is 0.820. The van der Waals surface area contributed by atoms with E-state index in [4.69, 9.17) is 14.7 Å². The highest BCUT2D eigenvalue weighted by Gasteiger charge is 2.31. The van der Waals surface area contributed by atoms with Gasteiger partial charge in [-0.15, -0.1) is 0 Å². The lowest BCUT2D eigenvalue weighted by Gasteiger charge is -2.29. The molecule has 0 atom stereocenters. The van der Waals surface area contributed by atoms with Crippen LogP contribution >= 0.6 is 0 Å². The largest absolute Gasteiger partial charge is 0.474 e. The lowest BCUT2D eigenvalue weighted by atomic mass is 10.1. The molecule has 10 heavy (non-hydrogen) atoms. The minimum absolute atomic E-state index is 0.249. The molecule has 0 aromatic rings. The third-order valence-electron chi connectivity index (χ3n) is 1.39. The van der Waals surface area contributed by atoms with Crippen LogP contribution in [0.15, 0.2) is 5.16 Å². The zero-order chi connectivity index (χ0) is 7.61. The molecule has 0 unspecified atom stereocenters. The van der Waals surface area contributed by atoms with Crippen molar-refractivity contribution in [3.05, 3.63) is 0 Å². The van der Waals surface area contributed by atoms with Crippen molar-refractivity contribution in [2.45, 2.75) is 19.4 Å². The van der Waals surface area contributed by atoms with Crippen LogP contribution < -0.4 is 0 Å². The second-order valence-corrected chi connectivity index (χ2v) is 2.61. The van der Waals surface area contributed by atoms with Gasteiger partial charge in [0.2, 0.25) is 0 Å². The van der Waals surface area contributed by atoms with Crippen molar-refractivity contribution in [1.29, 1.82) is 0 Å². The molecule has 1 aliphatic heterocycles. The van der Waals surface area contributed by atoms with E-state index in [2.05, 4.69) is 5.16 Å². The first-order valence-corrected chi connectivity index (χ1v) is 3.16. The van der Waals surface area contributed by atoms with Crippen LogP contribution in [0.4, 0.5) is 0 Å². The van der Waals surface area contributed by atoms with E-state index in [1.807, 2.05) is 0 Å². The molecule has 0 saturated carbocycles. The average Bonchev–Trinajstić information content (AvgIpc) is 1.87. The monoisotopic (exact) mass is 145 g/mol. The lowest BCUT2D eigenvalue weighted by molar-refractivity contribution is -0.0400. The molecule has 1 saturated heterocycles. The smallest absolute Gasteiger partial charge is 0.257 e. The molecule has 1 aliphatic rings. The van der Waals surface area contributed by atoms with Crippen LogP contribution in [-0.2, 0) is 9.47 Å². The summed E-state index contributed by atoms with van der Waals surface area (Å²) >= 11 is 0. The van der Waals surface area contributed by atoms with Crippen molar-refractivity contribution in [2.75, 3.05) is 13.2 Å². The maximum absolute atomic E-state index is 8.41. The van der Waals surface area contributed by atoms with Crippen LogP contribution in [0.3, 0.4) is 0 Å². The fraction of sp³-hybridized carbons (Fsp3) is 0.833. The molecule has 4 nitrogen and oxygen atoms in total. The summed E-state index contributed by atoms with van der Waals surface area (Å²) in [5, 5.41) is 11.4. The van der Waals surface area contributed by atoms with E-state index in [9.17, 15) is 0 Å². The third kappa shape index (κ3) is 1.21. The van der Waals surface area contributed by atoms with E-state index in [1.54, 1.807) is 13.8 Å².